The number of rotatable bonds is 10. The van der Waals surface area contributed by atoms with E-state index in [4.69, 9.17) is 9.47 Å². The van der Waals surface area contributed by atoms with E-state index in [0.717, 1.165) is 19.3 Å². The van der Waals surface area contributed by atoms with Crippen molar-refractivity contribution in [3.8, 4) is 23.7 Å². The molecule has 0 aromatic rings. The van der Waals surface area contributed by atoms with Crippen molar-refractivity contribution in [1.29, 1.82) is 0 Å². The van der Waals surface area contributed by atoms with E-state index in [0.29, 0.717) is 0 Å². The molecule has 0 aromatic heterocycles. The highest BCUT2D eigenvalue weighted by Crippen LogP contribution is 2.10. The molecule has 0 saturated heterocycles. The molecule has 0 amide bonds. The first-order chi connectivity index (χ1) is 12.0. The Morgan fingerprint density at radius 2 is 1.72 bits per heavy atom. The third kappa shape index (κ3) is 14.8. The molecule has 0 saturated carbocycles. The van der Waals surface area contributed by atoms with E-state index in [2.05, 4.69) is 37.2 Å². The van der Waals surface area contributed by atoms with Crippen LogP contribution in [0.15, 0.2) is 24.8 Å². The first kappa shape index (κ1) is 22.5. The number of unbranched alkanes of at least 4 members (excludes halogenated alkanes) is 4. The van der Waals surface area contributed by atoms with Gasteiger partial charge in [0.15, 0.2) is 6.10 Å². The standard InChI is InChI=1S/C21H28O4/c1-5-7-8-9-13-16-21(25-19(4)23)17-14-11-10-12-15-20(6-2)24-18(3)22/h6,14,17,20-21H,2,5,7-9,13,16H2,1,3-4H3/b17-14-. The van der Waals surface area contributed by atoms with Gasteiger partial charge in [-0.3, -0.25) is 9.59 Å². The monoisotopic (exact) mass is 344 g/mol. The average molecular weight is 344 g/mol. The van der Waals surface area contributed by atoms with Gasteiger partial charge in [0.05, 0.1) is 0 Å². The third-order valence-corrected chi connectivity index (χ3v) is 3.16. The van der Waals surface area contributed by atoms with Gasteiger partial charge in [-0.1, -0.05) is 45.1 Å². The van der Waals surface area contributed by atoms with Crippen molar-refractivity contribution in [1.82, 2.24) is 0 Å². The van der Waals surface area contributed by atoms with Gasteiger partial charge in [-0.25, -0.2) is 0 Å². The smallest absolute Gasteiger partial charge is 0.304 e. The molecule has 0 aromatic carbocycles. The van der Waals surface area contributed by atoms with E-state index in [1.807, 2.05) is 0 Å². The summed E-state index contributed by atoms with van der Waals surface area (Å²) in [7, 11) is 0. The molecule has 25 heavy (non-hydrogen) atoms. The Hall–Kier alpha value is -2.46. The van der Waals surface area contributed by atoms with Crippen LogP contribution in [0.1, 0.15) is 59.3 Å². The molecule has 2 atom stereocenters. The predicted molar refractivity (Wildman–Crippen MR) is 99.4 cm³/mol. The topological polar surface area (TPSA) is 52.6 Å². The van der Waals surface area contributed by atoms with Crippen LogP contribution in [0.4, 0.5) is 0 Å². The zero-order valence-electron chi connectivity index (χ0n) is 15.5. The van der Waals surface area contributed by atoms with Crippen LogP contribution in [-0.2, 0) is 19.1 Å². The Bertz CT molecular complexity index is 566. The van der Waals surface area contributed by atoms with E-state index in [9.17, 15) is 9.59 Å². The minimum absolute atomic E-state index is 0.261. The lowest BCUT2D eigenvalue weighted by Gasteiger charge is -2.12. The maximum atomic E-state index is 11.2. The van der Waals surface area contributed by atoms with Gasteiger partial charge in [0.25, 0.3) is 0 Å². The Balaban J connectivity index is 4.48. The highest BCUT2D eigenvalue weighted by Gasteiger charge is 2.07. The normalized spacial score (nSPS) is 12.1. The molecule has 0 N–H and O–H groups in total. The van der Waals surface area contributed by atoms with Gasteiger partial charge in [-0.2, -0.15) is 0 Å². The Labute approximate surface area is 151 Å². The van der Waals surface area contributed by atoms with Crippen molar-refractivity contribution in [3.05, 3.63) is 24.8 Å². The zero-order valence-corrected chi connectivity index (χ0v) is 15.5. The molecule has 4 heteroatoms. The molecule has 0 radical (unpaired) electrons. The molecule has 136 valence electrons. The average Bonchev–Trinajstić information content (AvgIpc) is 2.55. The number of carbonyl (C=O) groups excluding carboxylic acids is 2. The summed E-state index contributed by atoms with van der Waals surface area (Å²) in [6.07, 6.45) is 10.5. The SMILES string of the molecule is C=CC(C#CC#C/C=C\C(CCCCCCC)OC(C)=O)OC(C)=O. The molecule has 0 aliphatic heterocycles. The van der Waals surface area contributed by atoms with Crippen molar-refractivity contribution < 1.29 is 19.1 Å². The Morgan fingerprint density at radius 1 is 1.04 bits per heavy atom. The van der Waals surface area contributed by atoms with E-state index in [-0.39, 0.29) is 12.1 Å². The van der Waals surface area contributed by atoms with Gasteiger partial charge in [-0.05, 0) is 48.8 Å². The highest BCUT2D eigenvalue weighted by molar-refractivity contribution is 5.67. The lowest BCUT2D eigenvalue weighted by Crippen LogP contribution is -2.13. The van der Waals surface area contributed by atoms with Crippen LogP contribution in [-0.4, -0.2) is 24.1 Å². The van der Waals surface area contributed by atoms with Crippen molar-refractivity contribution >= 4 is 11.9 Å². The second kappa shape index (κ2) is 15.1. The summed E-state index contributed by atoms with van der Waals surface area (Å²) in [5.41, 5.74) is 0. The molecule has 0 fully saturated rings. The molecule has 0 rings (SSSR count). The molecule has 0 bridgehead atoms. The molecular weight excluding hydrogens is 316 g/mol. The minimum atomic E-state index is -0.660. The van der Waals surface area contributed by atoms with Gasteiger partial charge in [0.2, 0.25) is 0 Å². The number of hydrogen-bond acceptors (Lipinski definition) is 4. The summed E-state index contributed by atoms with van der Waals surface area (Å²) in [6.45, 7) is 8.42. The van der Waals surface area contributed by atoms with Crippen LogP contribution in [0, 0.1) is 23.7 Å². The van der Waals surface area contributed by atoms with Gasteiger partial charge in [-0.15, -0.1) is 0 Å². The van der Waals surface area contributed by atoms with E-state index >= 15 is 0 Å². The summed E-state index contributed by atoms with van der Waals surface area (Å²) in [4.78, 5) is 22.0. The lowest BCUT2D eigenvalue weighted by molar-refractivity contribution is -0.144. The summed E-state index contributed by atoms with van der Waals surface area (Å²) < 4.78 is 10.1. The van der Waals surface area contributed by atoms with Crippen LogP contribution in [0.2, 0.25) is 0 Å². The molecular formula is C21H28O4. The molecule has 0 aliphatic carbocycles. The highest BCUT2D eigenvalue weighted by atomic mass is 16.5. The maximum absolute atomic E-state index is 11.2. The minimum Gasteiger partial charge on any atom is -0.458 e. The number of hydrogen-bond donors (Lipinski definition) is 0. The van der Waals surface area contributed by atoms with Crippen molar-refractivity contribution in [2.75, 3.05) is 0 Å². The molecule has 0 aliphatic rings. The Morgan fingerprint density at radius 3 is 2.32 bits per heavy atom. The number of ether oxygens (including phenoxy) is 2. The van der Waals surface area contributed by atoms with E-state index in [1.165, 1.54) is 39.2 Å². The van der Waals surface area contributed by atoms with Crippen LogP contribution in [0.3, 0.4) is 0 Å². The summed E-state index contributed by atoms with van der Waals surface area (Å²) in [6, 6.07) is 0. The maximum Gasteiger partial charge on any atom is 0.304 e. The second-order valence-corrected chi connectivity index (χ2v) is 5.51. The fraction of sp³-hybridized carbons (Fsp3) is 0.524. The number of esters is 2. The van der Waals surface area contributed by atoms with Gasteiger partial charge in [0, 0.05) is 13.8 Å². The fourth-order valence-corrected chi connectivity index (χ4v) is 2.01. The largest absolute Gasteiger partial charge is 0.458 e. The summed E-state index contributed by atoms with van der Waals surface area (Å²) in [5, 5.41) is 0. The van der Waals surface area contributed by atoms with Crippen molar-refractivity contribution in [2.45, 2.75) is 71.5 Å². The van der Waals surface area contributed by atoms with Crippen LogP contribution < -0.4 is 0 Å². The van der Waals surface area contributed by atoms with Crippen molar-refractivity contribution in [3.63, 3.8) is 0 Å². The first-order valence-corrected chi connectivity index (χ1v) is 8.64. The lowest BCUT2D eigenvalue weighted by atomic mass is 10.1. The molecule has 0 spiro atoms. The predicted octanol–water partition coefficient (Wildman–Crippen LogP) is 3.96. The fourth-order valence-electron chi connectivity index (χ4n) is 2.01. The second-order valence-electron chi connectivity index (χ2n) is 5.51. The number of carbonyl (C=O) groups is 2. The van der Waals surface area contributed by atoms with E-state index < -0.39 is 12.1 Å². The van der Waals surface area contributed by atoms with E-state index in [1.54, 1.807) is 12.2 Å². The molecule has 2 unspecified atom stereocenters. The van der Waals surface area contributed by atoms with Gasteiger partial charge in [0.1, 0.15) is 6.10 Å². The van der Waals surface area contributed by atoms with Crippen LogP contribution in [0.25, 0.3) is 0 Å². The molecule has 0 heterocycles. The zero-order chi connectivity index (χ0) is 18.9. The third-order valence-electron chi connectivity index (χ3n) is 3.16. The summed E-state index contributed by atoms with van der Waals surface area (Å²) >= 11 is 0. The van der Waals surface area contributed by atoms with Gasteiger partial charge >= 0.3 is 11.9 Å². The van der Waals surface area contributed by atoms with Gasteiger partial charge < -0.3 is 9.47 Å². The molecule has 4 nitrogen and oxygen atoms in total. The summed E-state index contributed by atoms with van der Waals surface area (Å²) in [5.74, 6) is 9.96. The first-order valence-electron chi connectivity index (χ1n) is 8.64. The van der Waals surface area contributed by atoms with Crippen LogP contribution in [0.5, 0.6) is 0 Å². The quantitative estimate of drug-likeness (QED) is 0.260. The Kier molecular flexibility index (Phi) is 13.6. The number of allylic oxidation sites excluding steroid dienone is 1. The van der Waals surface area contributed by atoms with Crippen LogP contribution >= 0.6 is 0 Å². The van der Waals surface area contributed by atoms with Crippen molar-refractivity contribution in [2.24, 2.45) is 0 Å².